The summed E-state index contributed by atoms with van der Waals surface area (Å²) in [5.41, 5.74) is 5.42. The molecule has 5 nitrogen and oxygen atoms in total. The Balaban J connectivity index is 1.49. The number of ether oxygens (including phenoxy) is 2. The quantitative estimate of drug-likeness (QED) is 0.336. The van der Waals surface area contributed by atoms with Crippen LogP contribution in [0.2, 0.25) is 0 Å². The molecule has 3 rings (SSSR count). The lowest BCUT2D eigenvalue weighted by Gasteiger charge is -2.07. The molecule has 146 valence electrons. The summed E-state index contributed by atoms with van der Waals surface area (Å²) >= 11 is 0. The van der Waals surface area contributed by atoms with E-state index in [1.54, 1.807) is 6.08 Å². The van der Waals surface area contributed by atoms with Crippen LogP contribution in [-0.2, 0) is 4.79 Å². The second kappa shape index (κ2) is 10.5. The maximum absolute atomic E-state index is 12.0. The largest absolute Gasteiger partial charge is 0.489 e. The molecule has 3 aromatic rings. The van der Waals surface area contributed by atoms with Crippen LogP contribution in [0.5, 0.6) is 11.5 Å². The molecule has 0 unspecified atom stereocenters. The summed E-state index contributed by atoms with van der Waals surface area (Å²) in [6, 6.07) is 25.1. The SMILES string of the molecule is C=CCOc1ccccc1/C=N\NC(=O)COc1ccc(-c2ccccc2)cc1. The van der Waals surface area contributed by atoms with E-state index in [1.165, 1.54) is 6.21 Å². The molecule has 0 radical (unpaired) electrons. The first kappa shape index (κ1) is 19.9. The molecule has 0 saturated carbocycles. The third kappa shape index (κ3) is 6.07. The van der Waals surface area contributed by atoms with Crippen LogP contribution in [0.25, 0.3) is 11.1 Å². The van der Waals surface area contributed by atoms with E-state index >= 15 is 0 Å². The van der Waals surface area contributed by atoms with Gasteiger partial charge in [-0.05, 0) is 35.4 Å². The van der Waals surface area contributed by atoms with Gasteiger partial charge in [-0.3, -0.25) is 4.79 Å². The minimum Gasteiger partial charge on any atom is -0.489 e. The number of hydrogen-bond acceptors (Lipinski definition) is 4. The number of nitrogens with one attached hydrogen (secondary N) is 1. The summed E-state index contributed by atoms with van der Waals surface area (Å²) < 4.78 is 11.1. The van der Waals surface area contributed by atoms with Gasteiger partial charge in [-0.25, -0.2) is 5.43 Å². The van der Waals surface area contributed by atoms with Gasteiger partial charge in [0.2, 0.25) is 0 Å². The van der Waals surface area contributed by atoms with Crippen molar-refractivity contribution >= 4 is 12.1 Å². The lowest BCUT2D eigenvalue weighted by molar-refractivity contribution is -0.123. The van der Waals surface area contributed by atoms with E-state index in [1.807, 2.05) is 78.9 Å². The van der Waals surface area contributed by atoms with Crippen molar-refractivity contribution in [2.24, 2.45) is 5.10 Å². The fraction of sp³-hybridized carbons (Fsp3) is 0.0833. The van der Waals surface area contributed by atoms with Crippen LogP contribution in [0.1, 0.15) is 5.56 Å². The van der Waals surface area contributed by atoms with E-state index < -0.39 is 0 Å². The van der Waals surface area contributed by atoms with Gasteiger partial charge in [-0.15, -0.1) is 0 Å². The fourth-order valence-corrected chi connectivity index (χ4v) is 2.60. The van der Waals surface area contributed by atoms with Crippen molar-refractivity contribution in [3.05, 3.63) is 97.1 Å². The summed E-state index contributed by atoms with van der Waals surface area (Å²) in [6.45, 7) is 3.90. The van der Waals surface area contributed by atoms with Crippen LogP contribution in [0.15, 0.2) is 96.6 Å². The highest BCUT2D eigenvalue weighted by atomic mass is 16.5. The van der Waals surface area contributed by atoms with Crippen molar-refractivity contribution in [2.45, 2.75) is 0 Å². The Labute approximate surface area is 170 Å². The lowest BCUT2D eigenvalue weighted by atomic mass is 10.1. The number of carbonyl (C=O) groups excluding carboxylic acids is 1. The van der Waals surface area contributed by atoms with Gasteiger partial charge in [0, 0.05) is 5.56 Å². The molecule has 0 aliphatic carbocycles. The smallest absolute Gasteiger partial charge is 0.277 e. The number of para-hydroxylation sites is 1. The van der Waals surface area contributed by atoms with Gasteiger partial charge in [0.15, 0.2) is 6.61 Å². The summed E-state index contributed by atoms with van der Waals surface area (Å²) in [5.74, 6) is 0.935. The highest BCUT2D eigenvalue weighted by molar-refractivity contribution is 5.85. The van der Waals surface area contributed by atoms with E-state index in [4.69, 9.17) is 9.47 Å². The molecule has 0 aliphatic rings. The predicted octanol–water partition coefficient (Wildman–Crippen LogP) is 4.45. The summed E-state index contributed by atoms with van der Waals surface area (Å²) in [5, 5.41) is 3.97. The zero-order valence-corrected chi connectivity index (χ0v) is 16.0. The van der Waals surface area contributed by atoms with Gasteiger partial charge in [-0.1, -0.05) is 67.3 Å². The highest BCUT2D eigenvalue weighted by Crippen LogP contribution is 2.22. The Bertz CT molecular complexity index is 967. The first-order chi connectivity index (χ1) is 14.3. The third-order valence-electron chi connectivity index (χ3n) is 4.00. The van der Waals surface area contributed by atoms with Gasteiger partial charge in [0.25, 0.3) is 5.91 Å². The Morgan fingerprint density at radius 3 is 2.34 bits per heavy atom. The van der Waals surface area contributed by atoms with Gasteiger partial charge >= 0.3 is 0 Å². The Kier molecular flexibility index (Phi) is 7.18. The minimum atomic E-state index is -0.349. The zero-order valence-electron chi connectivity index (χ0n) is 16.0. The van der Waals surface area contributed by atoms with Crippen LogP contribution in [0, 0.1) is 0 Å². The van der Waals surface area contributed by atoms with Gasteiger partial charge in [-0.2, -0.15) is 5.10 Å². The summed E-state index contributed by atoms with van der Waals surface area (Å²) in [6.07, 6.45) is 3.20. The molecule has 5 heteroatoms. The number of hydrazone groups is 1. The van der Waals surface area contributed by atoms with Gasteiger partial charge in [0.1, 0.15) is 18.1 Å². The molecule has 3 aromatic carbocycles. The van der Waals surface area contributed by atoms with E-state index in [0.717, 1.165) is 16.7 Å². The molecular weight excluding hydrogens is 364 g/mol. The predicted molar refractivity (Wildman–Crippen MR) is 115 cm³/mol. The first-order valence-corrected chi connectivity index (χ1v) is 9.19. The lowest BCUT2D eigenvalue weighted by Crippen LogP contribution is -2.24. The maximum Gasteiger partial charge on any atom is 0.277 e. The van der Waals surface area contributed by atoms with Crippen molar-refractivity contribution in [1.29, 1.82) is 0 Å². The Morgan fingerprint density at radius 2 is 1.59 bits per heavy atom. The first-order valence-electron chi connectivity index (χ1n) is 9.19. The van der Waals surface area contributed by atoms with Crippen molar-refractivity contribution < 1.29 is 14.3 Å². The monoisotopic (exact) mass is 386 g/mol. The summed E-state index contributed by atoms with van der Waals surface area (Å²) in [4.78, 5) is 12.0. The molecule has 1 N–H and O–H groups in total. The van der Waals surface area contributed by atoms with Gasteiger partial charge < -0.3 is 9.47 Å². The van der Waals surface area contributed by atoms with E-state index in [2.05, 4.69) is 17.1 Å². The number of amides is 1. The van der Waals surface area contributed by atoms with Crippen molar-refractivity contribution in [2.75, 3.05) is 13.2 Å². The number of carbonyl (C=O) groups is 1. The van der Waals surface area contributed by atoms with Crippen LogP contribution in [0.3, 0.4) is 0 Å². The Morgan fingerprint density at radius 1 is 0.897 bits per heavy atom. The van der Waals surface area contributed by atoms with E-state index in [9.17, 15) is 4.79 Å². The molecule has 1 amide bonds. The maximum atomic E-state index is 12.0. The molecule has 0 aromatic heterocycles. The van der Waals surface area contributed by atoms with Crippen molar-refractivity contribution in [3.8, 4) is 22.6 Å². The molecule has 0 bridgehead atoms. The van der Waals surface area contributed by atoms with Gasteiger partial charge in [0.05, 0.1) is 6.21 Å². The van der Waals surface area contributed by atoms with Crippen molar-refractivity contribution in [1.82, 2.24) is 5.43 Å². The molecular formula is C24H22N2O3. The van der Waals surface area contributed by atoms with Crippen LogP contribution in [-0.4, -0.2) is 25.3 Å². The molecule has 0 heterocycles. The van der Waals surface area contributed by atoms with Crippen molar-refractivity contribution in [3.63, 3.8) is 0 Å². The second-order valence-corrected chi connectivity index (χ2v) is 6.11. The highest BCUT2D eigenvalue weighted by Gasteiger charge is 2.03. The molecule has 0 atom stereocenters. The molecule has 0 spiro atoms. The average molecular weight is 386 g/mol. The van der Waals surface area contributed by atoms with Crippen LogP contribution < -0.4 is 14.9 Å². The molecule has 0 saturated heterocycles. The Hall–Kier alpha value is -3.86. The topological polar surface area (TPSA) is 59.9 Å². The van der Waals surface area contributed by atoms with Crippen LogP contribution >= 0.6 is 0 Å². The number of nitrogens with zero attached hydrogens (tertiary/aromatic N) is 1. The number of rotatable bonds is 9. The normalized spacial score (nSPS) is 10.5. The average Bonchev–Trinajstić information content (AvgIpc) is 2.78. The van der Waals surface area contributed by atoms with Crippen LogP contribution in [0.4, 0.5) is 0 Å². The third-order valence-corrected chi connectivity index (χ3v) is 4.00. The standard InChI is InChI=1S/C24H22N2O3/c1-2-16-28-23-11-7-6-10-21(23)17-25-26-24(27)18-29-22-14-12-20(13-15-22)19-8-4-3-5-9-19/h2-15,17H,1,16,18H2,(H,26,27)/b25-17-. The summed E-state index contributed by atoms with van der Waals surface area (Å²) in [7, 11) is 0. The molecule has 0 fully saturated rings. The van der Waals surface area contributed by atoms with E-state index in [0.29, 0.717) is 18.1 Å². The minimum absolute atomic E-state index is 0.128. The fourth-order valence-electron chi connectivity index (χ4n) is 2.60. The molecule has 29 heavy (non-hydrogen) atoms. The zero-order chi connectivity index (χ0) is 20.3. The number of benzene rings is 3. The number of hydrogen-bond donors (Lipinski definition) is 1. The van der Waals surface area contributed by atoms with E-state index in [-0.39, 0.29) is 12.5 Å². The second-order valence-electron chi connectivity index (χ2n) is 6.11. The molecule has 0 aliphatic heterocycles.